The second kappa shape index (κ2) is 4.88. The maximum atomic E-state index is 12.1. The molecular formula is C13H23N3O2. The average molecular weight is 253 g/mol. The summed E-state index contributed by atoms with van der Waals surface area (Å²) >= 11 is 0. The van der Waals surface area contributed by atoms with Gasteiger partial charge >= 0.3 is 0 Å². The van der Waals surface area contributed by atoms with E-state index in [4.69, 9.17) is 5.73 Å². The van der Waals surface area contributed by atoms with Crippen molar-refractivity contribution in [1.82, 2.24) is 10.2 Å². The number of carbonyl (C=O) groups is 2. The first-order valence-electron chi connectivity index (χ1n) is 6.71. The lowest BCUT2D eigenvalue weighted by Crippen LogP contribution is -2.55. The first-order valence-corrected chi connectivity index (χ1v) is 6.71. The molecule has 2 atom stereocenters. The van der Waals surface area contributed by atoms with Crippen molar-refractivity contribution in [3.05, 3.63) is 0 Å². The van der Waals surface area contributed by atoms with Crippen LogP contribution in [-0.4, -0.2) is 41.4 Å². The second-order valence-electron chi connectivity index (χ2n) is 6.27. The molecule has 2 saturated heterocycles. The number of carbonyl (C=O) groups excluding carboxylic acids is 2. The number of hydrogen-bond acceptors (Lipinski definition) is 3. The molecule has 5 heteroatoms. The quantitative estimate of drug-likeness (QED) is 0.740. The molecule has 0 spiro atoms. The van der Waals surface area contributed by atoms with Crippen LogP contribution in [0.4, 0.5) is 0 Å². The molecule has 2 amide bonds. The highest BCUT2D eigenvalue weighted by atomic mass is 16.2. The van der Waals surface area contributed by atoms with Gasteiger partial charge in [-0.15, -0.1) is 0 Å². The number of hydrogen-bond donors (Lipinski definition) is 2. The zero-order valence-corrected chi connectivity index (χ0v) is 11.2. The molecule has 5 nitrogen and oxygen atoms in total. The Balaban J connectivity index is 1.91. The minimum atomic E-state index is -0.450. The lowest BCUT2D eigenvalue weighted by atomic mass is 9.85. The van der Waals surface area contributed by atoms with Crippen LogP contribution in [0, 0.1) is 5.92 Å². The second-order valence-corrected chi connectivity index (χ2v) is 6.27. The highest BCUT2D eigenvalue weighted by molar-refractivity contribution is 5.78. The van der Waals surface area contributed by atoms with Gasteiger partial charge in [-0.1, -0.05) is 0 Å². The number of likely N-dealkylation sites (tertiary alicyclic amines) is 1. The topological polar surface area (TPSA) is 75.4 Å². The molecule has 2 fully saturated rings. The smallest absolute Gasteiger partial charge is 0.224 e. The average Bonchev–Trinajstić information content (AvgIpc) is 2.26. The molecule has 0 aliphatic carbocycles. The molecule has 2 aliphatic heterocycles. The van der Waals surface area contributed by atoms with Crippen LogP contribution >= 0.6 is 0 Å². The Kier molecular flexibility index (Phi) is 3.61. The van der Waals surface area contributed by atoms with Gasteiger partial charge in [0.25, 0.3) is 0 Å². The number of nitrogens with two attached hydrogens (primary N) is 1. The lowest BCUT2D eigenvalue weighted by Gasteiger charge is -2.42. The van der Waals surface area contributed by atoms with Crippen molar-refractivity contribution in [2.45, 2.75) is 51.1 Å². The molecule has 2 unspecified atom stereocenters. The van der Waals surface area contributed by atoms with Gasteiger partial charge in [-0.05, 0) is 32.6 Å². The van der Waals surface area contributed by atoms with Crippen LogP contribution < -0.4 is 11.1 Å². The summed E-state index contributed by atoms with van der Waals surface area (Å²) < 4.78 is 0. The van der Waals surface area contributed by atoms with Crippen LogP contribution in [0.3, 0.4) is 0 Å². The number of piperidine rings is 2. The monoisotopic (exact) mass is 253 g/mol. The van der Waals surface area contributed by atoms with E-state index in [1.54, 1.807) is 0 Å². The third kappa shape index (κ3) is 3.22. The van der Waals surface area contributed by atoms with E-state index < -0.39 is 5.54 Å². The van der Waals surface area contributed by atoms with Crippen molar-refractivity contribution in [2.75, 3.05) is 13.1 Å². The normalized spacial score (nSPS) is 28.6. The van der Waals surface area contributed by atoms with E-state index in [9.17, 15) is 9.59 Å². The minimum absolute atomic E-state index is 0.137. The zero-order chi connectivity index (χ0) is 13.3. The van der Waals surface area contributed by atoms with Crippen molar-refractivity contribution in [1.29, 1.82) is 0 Å². The standard InChI is InChI=1S/C13H23N3O2/c1-13(2,14)7-12(18)16-6-5-10-9(8-16)3-4-11(17)15-10/h9-10H,3-8,14H2,1-2H3,(H,15,17). The minimum Gasteiger partial charge on any atom is -0.353 e. The van der Waals surface area contributed by atoms with Crippen LogP contribution in [0.15, 0.2) is 0 Å². The number of nitrogens with one attached hydrogen (secondary N) is 1. The Morgan fingerprint density at radius 1 is 1.50 bits per heavy atom. The molecule has 18 heavy (non-hydrogen) atoms. The summed E-state index contributed by atoms with van der Waals surface area (Å²) in [4.78, 5) is 25.3. The zero-order valence-electron chi connectivity index (χ0n) is 11.2. The van der Waals surface area contributed by atoms with Gasteiger partial charge in [-0.25, -0.2) is 0 Å². The van der Waals surface area contributed by atoms with E-state index in [-0.39, 0.29) is 17.9 Å². The van der Waals surface area contributed by atoms with E-state index >= 15 is 0 Å². The number of nitrogens with zero attached hydrogens (tertiary/aromatic N) is 1. The molecule has 2 aliphatic rings. The third-order valence-electron chi connectivity index (χ3n) is 3.78. The van der Waals surface area contributed by atoms with Crippen LogP contribution in [0.2, 0.25) is 0 Å². The Morgan fingerprint density at radius 2 is 2.22 bits per heavy atom. The van der Waals surface area contributed by atoms with Crippen LogP contribution in [0.25, 0.3) is 0 Å². The predicted octanol–water partition coefficient (Wildman–Crippen LogP) is 0.241. The fraction of sp³-hybridized carbons (Fsp3) is 0.846. The molecule has 0 radical (unpaired) electrons. The van der Waals surface area contributed by atoms with Crippen molar-refractivity contribution in [3.63, 3.8) is 0 Å². The maximum absolute atomic E-state index is 12.1. The third-order valence-corrected chi connectivity index (χ3v) is 3.78. The number of fused-ring (bicyclic) bond motifs is 1. The van der Waals surface area contributed by atoms with Crippen molar-refractivity contribution in [3.8, 4) is 0 Å². The lowest BCUT2D eigenvalue weighted by molar-refractivity contribution is -0.135. The summed E-state index contributed by atoms with van der Waals surface area (Å²) in [6, 6.07) is 0.265. The highest BCUT2D eigenvalue weighted by Crippen LogP contribution is 2.26. The molecule has 102 valence electrons. The fourth-order valence-electron chi connectivity index (χ4n) is 2.84. The number of rotatable bonds is 2. The van der Waals surface area contributed by atoms with Crippen LogP contribution in [0.1, 0.15) is 39.5 Å². The van der Waals surface area contributed by atoms with Gasteiger partial charge < -0.3 is 16.0 Å². The predicted molar refractivity (Wildman–Crippen MR) is 68.7 cm³/mol. The van der Waals surface area contributed by atoms with Gasteiger partial charge in [0.1, 0.15) is 0 Å². The molecule has 2 heterocycles. The fourth-order valence-corrected chi connectivity index (χ4v) is 2.84. The van der Waals surface area contributed by atoms with Crippen molar-refractivity contribution < 1.29 is 9.59 Å². The molecule has 0 aromatic heterocycles. The van der Waals surface area contributed by atoms with E-state index in [0.29, 0.717) is 18.8 Å². The van der Waals surface area contributed by atoms with Crippen molar-refractivity contribution >= 4 is 11.8 Å². The largest absolute Gasteiger partial charge is 0.353 e. The SMILES string of the molecule is CC(C)(N)CC(=O)N1CCC2NC(=O)CCC2C1. The summed E-state index contributed by atoms with van der Waals surface area (Å²) in [6.45, 7) is 5.24. The van der Waals surface area contributed by atoms with Gasteiger partial charge in [-0.3, -0.25) is 9.59 Å². The van der Waals surface area contributed by atoms with Crippen LogP contribution in [0.5, 0.6) is 0 Å². The van der Waals surface area contributed by atoms with E-state index in [0.717, 1.165) is 25.9 Å². The molecular weight excluding hydrogens is 230 g/mol. The van der Waals surface area contributed by atoms with Gasteiger partial charge in [0.05, 0.1) is 0 Å². The van der Waals surface area contributed by atoms with Gasteiger partial charge in [0.2, 0.25) is 11.8 Å². The molecule has 0 bridgehead atoms. The molecule has 3 N–H and O–H groups in total. The summed E-state index contributed by atoms with van der Waals surface area (Å²) in [7, 11) is 0. The summed E-state index contributed by atoms with van der Waals surface area (Å²) in [5, 5.41) is 3.02. The van der Waals surface area contributed by atoms with Gasteiger partial charge in [-0.2, -0.15) is 0 Å². The van der Waals surface area contributed by atoms with E-state index in [2.05, 4.69) is 5.32 Å². The maximum Gasteiger partial charge on any atom is 0.224 e. The molecule has 2 rings (SSSR count). The summed E-state index contributed by atoms with van der Waals surface area (Å²) in [5.74, 6) is 0.707. The van der Waals surface area contributed by atoms with E-state index in [1.807, 2.05) is 18.7 Å². The van der Waals surface area contributed by atoms with Gasteiger partial charge in [0.15, 0.2) is 0 Å². The highest BCUT2D eigenvalue weighted by Gasteiger charge is 2.35. The molecule has 0 aromatic rings. The van der Waals surface area contributed by atoms with Crippen molar-refractivity contribution in [2.24, 2.45) is 11.7 Å². The first kappa shape index (κ1) is 13.3. The Morgan fingerprint density at radius 3 is 2.89 bits per heavy atom. The molecule has 0 saturated carbocycles. The van der Waals surface area contributed by atoms with E-state index in [1.165, 1.54) is 0 Å². The Labute approximate surface area is 108 Å². The molecule has 0 aromatic carbocycles. The summed E-state index contributed by atoms with van der Waals surface area (Å²) in [5.41, 5.74) is 5.44. The first-order chi connectivity index (χ1) is 8.35. The Hall–Kier alpha value is -1.10. The number of amides is 2. The van der Waals surface area contributed by atoms with Gasteiger partial charge in [0, 0.05) is 37.5 Å². The Bertz CT molecular complexity index is 349. The van der Waals surface area contributed by atoms with Crippen LogP contribution in [-0.2, 0) is 9.59 Å². The summed E-state index contributed by atoms with van der Waals surface area (Å²) in [6.07, 6.45) is 2.74.